The molecule has 1 fully saturated rings. The molecule has 0 unspecified atom stereocenters. The Balaban J connectivity index is 1.57. The van der Waals surface area contributed by atoms with Crippen LogP contribution in [0, 0.1) is 13.8 Å². The van der Waals surface area contributed by atoms with Gasteiger partial charge in [-0.15, -0.1) is 5.10 Å². The smallest absolute Gasteiger partial charge is 0.256 e. The first-order valence-corrected chi connectivity index (χ1v) is 8.47. The Morgan fingerprint density at radius 1 is 1.36 bits per heavy atom. The van der Waals surface area contributed by atoms with E-state index in [4.69, 9.17) is 4.74 Å². The number of piperidine rings is 1. The van der Waals surface area contributed by atoms with E-state index in [0.29, 0.717) is 31.0 Å². The number of fused-ring (bicyclic) bond motifs is 3. The molecule has 0 radical (unpaired) electrons. The molecule has 0 aromatic carbocycles. The number of aromatic nitrogens is 4. The van der Waals surface area contributed by atoms with Gasteiger partial charge in [0.1, 0.15) is 0 Å². The van der Waals surface area contributed by atoms with Gasteiger partial charge in [0.25, 0.3) is 5.91 Å². The number of hydrogen-bond donors (Lipinski definition) is 1. The second-order valence-corrected chi connectivity index (χ2v) is 6.81. The van der Waals surface area contributed by atoms with Gasteiger partial charge in [-0.25, -0.2) is 4.68 Å². The first kappa shape index (κ1) is 16.0. The molecule has 4 rings (SSSR count). The SMILES string of the molecule is CC(=O)c1[nH]c(C)c(C(=O)N2CC[C@H]3[C@H](C2)OCc2cnnn23)c1C. The Bertz CT molecular complexity index is 853. The van der Waals surface area contributed by atoms with Crippen LogP contribution in [0.5, 0.6) is 0 Å². The van der Waals surface area contributed by atoms with Gasteiger partial charge < -0.3 is 14.6 Å². The van der Waals surface area contributed by atoms with Crippen LogP contribution in [0.1, 0.15) is 57.2 Å². The fourth-order valence-electron chi connectivity index (χ4n) is 3.95. The third-order valence-electron chi connectivity index (χ3n) is 5.22. The predicted molar refractivity (Wildman–Crippen MR) is 88.4 cm³/mol. The minimum Gasteiger partial charge on any atom is -0.368 e. The number of rotatable bonds is 2. The number of likely N-dealkylation sites (tertiary alicyclic amines) is 1. The van der Waals surface area contributed by atoms with Crippen LogP contribution in [0.15, 0.2) is 6.20 Å². The number of nitrogens with zero attached hydrogens (tertiary/aromatic N) is 4. The van der Waals surface area contributed by atoms with Gasteiger partial charge in [0.2, 0.25) is 0 Å². The normalized spacial score (nSPS) is 22.4. The van der Waals surface area contributed by atoms with Crippen LogP contribution in [-0.2, 0) is 11.3 Å². The quantitative estimate of drug-likeness (QED) is 0.832. The zero-order valence-electron chi connectivity index (χ0n) is 14.6. The number of aromatic amines is 1. The second-order valence-electron chi connectivity index (χ2n) is 6.81. The molecule has 1 amide bonds. The molecule has 2 aliphatic heterocycles. The Labute approximate surface area is 145 Å². The zero-order valence-corrected chi connectivity index (χ0v) is 14.6. The molecule has 132 valence electrons. The molecule has 0 saturated carbocycles. The summed E-state index contributed by atoms with van der Waals surface area (Å²) in [7, 11) is 0. The molecule has 2 atom stereocenters. The number of ketones is 1. The van der Waals surface area contributed by atoms with Crippen molar-refractivity contribution in [1.29, 1.82) is 0 Å². The fraction of sp³-hybridized carbons (Fsp3) is 0.529. The molecule has 8 nitrogen and oxygen atoms in total. The Hall–Kier alpha value is -2.48. The van der Waals surface area contributed by atoms with Crippen molar-refractivity contribution in [1.82, 2.24) is 24.9 Å². The van der Waals surface area contributed by atoms with E-state index in [1.165, 1.54) is 6.92 Å². The number of carbonyl (C=O) groups excluding carboxylic acids is 2. The Morgan fingerprint density at radius 3 is 2.88 bits per heavy atom. The van der Waals surface area contributed by atoms with Crippen LogP contribution >= 0.6 is 0 Å². The molecule has 2 aromatic rings. The maximum Gasteiger partial charge on any atom is 0.256 e. The molecule has 8 heteroatoms. The summed E-state index contributed by atoms with van der Waals surface area (Å²) in [5.74, 6) is -0.113. The van der Waals surface area contributed by atoms with E-state index in [1.54, 1.807) is 6.20 Å². The fourth-order valence-corrected chi connectivity index (χ4v) is 3.95. The third-order valence-corrected chi connectivity index (χ3v) is 5.22. The van der Waals surface area contributed by atoms with E-state index in [1.807, 2.05) is 23.4 Å². The highest BCUT2D eigenvalue weighted by atomic mass is 16.5. The molecule has 0 spiro atoms. The van der Waals surface area contributed by atoms with Crippen molar-refractivity contribution in [3.63, 3.8) is 0 Å². The molecule has 1 saturated heterocycles. The highest BCUT2D eigenvalue weighted by Gasteiger charge is 2.38. The average Bonchev–Trinajstić information content (AvgIpc) is 3.18. The summed E-state index contributed by atoms with van der Waals surface area (Å²) in [6.45, 7) is 6.76. The van der Waals surface area contributed by atoms with Gasteiger partial charge in [0, 0.05) is 25.7 Å². The van der Waals surface area contributed by atoms with Gasteiger partial charge in [-0.05, 0) is 25.8 Å². The van der Waals surface area contributed by atoms with Crippen LogP contribution in [0.3, 0.4) is 0 Å². The van der Waals surface area contributed by atoms with Crippen molar-refractivity contribution in [2.24, 2.45) is 0 Å². The van der Waals surface area contributed by atoms with Crippen LogP contribution in [0.25, 0.3) is 0 Å². The van der Waals surface area contributed by atoms with E-state index >= 15 is 0 Å². The number of ether oxygens (including phenoxy) is 1. The third kappa shape index (κ3) is 2.48. The maximum atomic E-state index is 13.1. The van der Waals surface area contributed by atoms with Crippen molar-refractivity contribution < 1.29 is 14.3 Å². The lowest BCUT2D eigenvalue weighted by molar-refractivity contribution is -0.0627. The predicted octanol–water partition coefficient (Wildman–Crippen LogP) is 1.41. The van der Waals surface area contributed by atoms with E-state index in [-0.39, 0.29) is 23.8 Å². The second kappa shape index (κ2) is 5.80. The van der Waals surface area contributed by atoms with Gasteiger partial charge in [0.05, 0.1) is 41.9 Å². The number of nitrogens with one attached hydrogen (secondary N) is 1. The van der Waals surface area contributed by atoms with E-state index < -0.39 is 0 Å². The Kier molecular flexibility index (Phi) is 3.72. The summed E-state index contributed by atoms with van der Waals surface area (Å²) in [5, 5.41) is 8.12. The number of aryl methyl sites for hydroxylation is 1. The van der Waals surface area contributed by atoms with Crippen LogP contribution in [-0.4, -0.2) is 55.8 Å². The molecule has 2 aromatic heterocycles. The first-order valence-electron chi connectivity index (χ1n) is 8.47. The number of amides is 1. The van der Waals surface area contributed by atoms with Crippen molar-refractivity contribution >= 4 is 11.7 Å². The average molecular weight is 343 g/mol. The summed E-state index contributed by atoms with van der Waals surface area (Å²) in [5.41, 5.74) is 3.54. The topological polar surface area (TPSA) is 93.1 Å². The minimum atomic E-state index is -0.0845. The molecule has 0 aliphatic carbocycles. The largest absolute Gasteiger partial charge is 0.368 e. The van der Waals surface area contributed by atoms with Crippen molar-refractivity contribution in [3.8, 4) is 0 Å². The molecule has 4 heterocycles. The van der Waals surface area contributed by atoms with Crippen molar-refractivity contribution in [2.45, 2.75) is 45.9 Å². The summed E-state index contributed by atoms with van der Waals surface area (Å²) >= 11 is 0. The molecule has 0 bridgehead atoms. The van der Waals surface area contributed by atoms with E-state index in [2.05, 4.69) is 15.3 Å². The number of carbonyl (C=O) groups is 2. The monoisotopic (exact) mass is 343 g/mol. The van der Waals surface area contributed by atoms with Crippen LogP contribution in [0.4, 0.5) is 0 Å². The summed E-state index contributed by atoms with van der Waals surface area (Å²) in [6, 6.07) is 0.122. The van der Waals surface area contributed by atoms with Crippen molar-refractivity contribution in [2.75, 3.05) is 13.1 Å². The highest BCUT2D eigenvalue weighted by Crippen LogP contribution is 2.31. The lowest BCUT2D eigenvalue weighted by atomic mass is 9.98. The van der Waals surface area contributed by atoms with Crippen molar-refractivity contribution in [3.05, 3.63) is 34.4 Å². The van der Waals surface area contributed by atoms with E-state index in [0.717, 1.165) is 23.4 Å². The molecule has 1 N–H and O–H groups in total. The number of hydrogen-bond acceptors (Lipinski definition) is 5. The standard InChI is InChI=1S/C17H21N5O3/c1-9-15(10(2)19-16(9)11(3)23)17(24)21-5-4-13-14(7-21)25-8-12-6-18-20-22(12)13/h6,13-14,19H,4-5,7-8H2,1-3H3/t13-,14-/m0/s1. The number of Topliss-reactive ketones (excluding diaryl/α,β-unsaturated/α-hetero) is 1. The molecule has 2 aliphatic rings. The highest BCUT2D eigenvalue weighted by molar-refractivity contribution is 6.02. The minimum absolute atomic E-state index is 0.0508. The molecule has 25 heavy (non-hydrogen) atoms. The van der Waals surface area contributed by atoms with Crippen LogP contribution in [0.2, 0.25) is 0 Å². The van der Waals surface area contributed by atoms with E-state index in [9.17, 15) is 9.59 Å². The summed E-state index contributed by atoms with van der Waals surface area (Å²) in [6.07, 6.45) is 2.41. The maximum absolute atomic E-state index is 13.1. The van der Waals surface area contributed by atoms with Gasteiger partial charge in [-0.1, -0.05) is 5.21 Å². The summed E-state index contributed by atoms with van der Waals surface area (Å²) < 4.78 is 7.86. The van der Waals surface area contributed by atoms with Gasteiger partial charge in [-0.3, -0.25) is 9.59 Å². The van der Waals surface area contributed by atoms with Gasteiger partial charge in [-0.2, -0.15) is 0 Å². The Morgan fingerprint density at radius 2 is 2.16 bits per heavy atom. The molecular formula is C17H21N5O3. The zero-order chi connectivity index (χ0) is 17.7. The lowest BCUT2D eigenvalue weighted by Crippen LogP contribution is -2.50. The van der Waals surface area contributed by atoms with Gasteiger partial charge >= 0.3 is 0 Å². The lowest BCUT2D eigenvalue weighted by Gasteiger charge is -2.41. The van der Waals surface area contributed by atoms with Gasteiger partial charge in [0.15, 0.2) is 5.78 Å². The number of H-pyrrole nitrogens is 1. The summed E-state index contributed by atoms with van der Waals surface area (Å²) in [4.78, 5) is 29.6. The van der Waals surface area contributed by atoms with Crippen LogP contribution < -0.4 is 0 Å². The molecular weight excluding hydrogens is 322 g/mol. The first-order chi connectivity index (χ1) is 12.0.